The van der Waals surface area contributed by atoms with Crippen molar-refractivity contribution in [1.29, 1.82) is 0 Å². The number of hydrogen-bond donors (Lipinski definition) is 1. The first kappa shape index (κ1) is 13.8. The molecule has 0 bridgehead atoms. The Morgan fingerprint density at radius 2 is 2.05 bits per heavy atom. The van der Waals surface area contributed by atoms with E-state index in [9.17, 15) is 0 Å². The number of nitrogens with zero attached hydrogens (tertiary/aromatic N) is 3. The average molecular weight is 284 g/mol. The van der Waals surface area contributed by atoms with Crippen LogP contribution in [0.4, 0.5) is 0 Å². The van der Waals surface area contributed by atoms with Gasteiger partial charge in [0, 0.05) is 43.2 Å². The number of benzene rings is 1. The molecule has 0 saturated heterocycles. The maximum absolute atomic E-state index is 5.11. The molecule has 21 heavy (non-hydrogen) atoms. The molecule has 0 radical (unpaired) electrons. The lowest BCUT2D eigenvalue weighted by molar-refractivity contribution is 0.372. The van der Waals surface area contributed by atoms with Gasteiger partial charge >= 0.3 is 0 Å². The lowest BCUT2D eigenvalue weighted by Gasteiger charge is -2.07. The number of para-hydroxylation sites is 1. The molecule has 0 aliphatic rings. The van der Waals surface area contributed by atoms with Crippen LogP contribution in [0, 0.1) is 13.8 Å². The smallest absolute Gasteiger partial charge is 0.227 e. The summed E-state index contributed by atoms with van der Waals surface area (Å²) in [4.78, 5) is 4.20. The first-order chi connectivity index (χ1) is 10.2. The molecule has 2 aromatic heterocycles. The van der Waals surface area contributed by atoms with E-state index in [4.69, 9.17) is 4.52 Å². The molecule has 0 aliphatic heterocycles. The van der Waals surface area contributed by atoms with Crippen molar-refractivity contribution in [2.45, 2.75) is 26.8 Å². The van der Waals surface area contributed by atoms with Crippen molar-refractivity contribution in [3.8, 4) is 0 Å². The Hall–Kier alpha value is -2.14. The van der Waals surface area contributed by atoms with Crippen LogP contribution in [-0.2, 0) is 20.0 Å². The average Bonchev–Trinajstić information content (AvgIpc) is 3.00. The number of aryl methyl sites for hydroxylation is 3. The van der Waals surface area contributed by atoms with E-state index >= 15 is 0 Å². The molecule has 0 amide bonds. The second-order valence-corrected chi connectivity index (χ2v) is 5.31. The summed E-state index contributed by atoms with van der Waals surface area (Å²) in [6, 6.07) is 8.50. The summed E-state index contributed by atoms with van der Waals surface area (Å²) in [6.07, 6.45) is 0.754. The van der Waals surface area contributed by atoms with Crippen LogP contribution >= 0.6 is 0 Å². The molecule has 5 nitrogen and oxygen atoms in total. The molecule has 0 spiro atoms. The van der Waals surface area contributed by atoms with E-state index in [2.05, 4.69) is 58.3 Å². The molecule has 5 heteroatoms. The Balaban J connectivity index is 1.65. The Morgan fingerprint density at radius 1 is 1.24 bits per heavy atom. The summed E-state index contributed by atoms with van der Waals surface area (Å²) in [5.41, 5.74) is 3.94. The zero-order valence-electron chi connectivity index (χ0n) is 12.7. The highest BCUT2D eigenvalue weighted by Gasteiger charge is 2.10. The first-order valence-corrected chi connectivity index (χ1v) is 7.19. The number of hydrogen-bond acceptors (Lipinski definition) is 4. The number of aromatic nitrogens is 3. The summed E-state index contributed by atoms with van der Waals surface area (Å²) < 4.78 is 7.36. The second-order valence-electron chi connectivity index (χ2n) is 5.31. The summed E-state index contributed by atoms with van der Waals surface area (Å²) in [5.74, 6) is 1.38. The Bertz CT molecular complexity index is 718. The van der Waals surface area contributed by atoms with Gasteiger partial charge in [-0.15, -0.1) is 0 Å². The summed E-state index contributed by atoms with van der Waals surface area (Å²) >= 11 is 0. The molecule has 1 N–H and O–H groups in total. The van der Waals surface area contributed by atoms with Crippen LogP contribution in [0.5, 0.6) is 0 Å². The molecule has 0 atom stereocenters. The van der Waals surface area contributed by atoms with Crippen molar-refractivity contribution in [1.82, 2.24) is 20.0 Å². The summed E-state index contributed by atoms with van der Waals surface area (Å²) in [6.45, 7) is 5.67. The Labute approximate surface area is 124 Å². The van der Waals surface area contributed by atoms with Gasteiger partial charge in [0.1, 0.15) is 0 Å². The maximum atomic E-state index is 5.11. The van der Waals surface area contributed by atoms with E-state index in [1.165, 1.54) is 22.2 Å². The van der Waals surface area contributed by atoms with Crippen LogP contribution in [0.3, 0.4) is 0 Å². The predicted molar refractivity (Wildman–Crippen MR) is 82.1 cm³/mol. The Kier molecular flexibility index (Phi) is 3.75. The van der Waals surface area contributed by atoms with Crippen molar-refractivity contribution in [3.63, 3.8) is 0 Å². The van der Waals surface area contributed by atoms with Crippen molar-refractivity contribution in [2.24, 2.45) is 7.05 Å². The van der Waals surface area contributed by atoms with Gasteiger partial charge in [0.25, 0.3) is 0 Å². The fourth-order valence-corrected chi connectivity index (χ4v) is 2.73. The normalized spacial score (nSPS) is 11.4. The van der Waals surface area contributed by atoms with E-state index in [0.717, 1.165) is 19.5 Å². The van der Waals surface area contributed by atoms with Crippen LogP contribution in [-0.4, -0.2) is 21.3 Å². The lowest BCUT2D eigenvalue weighted by Crippen LogP contribution is -2.19. The van der Waals surface area contributed by atoms with E-state index < -0.39 is 0 Å². The van der Waals surface area contributed by atoms with E-state index in [-0.39, 0.29) is 0 Å². The lowest BCUT2D eigenvalue weighted by atomic mass is 10.1. The highest BCUT2D eigenvalue weighted by atomic mass is 16.5. The van der Waals surface area contributed by atoms with Gasteiger partial charge in [-0.05, 0) is 25.5 Å². The molecule has 0 aliphatic carbocycles. The molecule has 1 aromatic carbocycles. The van der Waals surface area contributed by atoms with Crippen LogP contribution in [0.2, 0.25) is 0 Å². The fourth-order valence-electron chi connectivity index (χ4n) is 2.73. The van der Waals surface area contributed by atoms with E-state index in [1.807, 2.05) is 6.92 Å². The van der Waals surface area contributed by atoms with Crippen LogP contribution < -0.4 is 5.32 Å². The van der Waals surface area contributed by atoms with Gasteiger partial charge < -0.3 is 14.4 Å². The third-order valence-corrected chi connectivity index (χ3v) is 3.88. The molecule has 110 valence electrons. The summed E-state index contributed by atoms with van der Waals surface area (Å²) in [5, 5.41) is 8.57. The van der Waals surface area contributed by atoms with E-state index in [0.29, 0.717) is 11.7 Å². The van der Waals surface area contributed by atoms with Crippen LogP contribution in [0.1, 0.15) is 23.0 Å². The minimum atomic E-state index is 0.689. The third-order valence-electron chi connectivity index (χ3n) is 3.88. The third kappa shape index (κ3) is 2.69. The van der Waals surface area contributed by atoms with Crippen molar-refractivity contribution in [2.75, 3.05) is 6.54 Å². The van der Waals surface area contributed by atoms with Crippen LogP contribution in [0.25, 0.3) is 10.9 Å². The largest absolute Gasteiger partial charge is 0.346 e. The first-order valence-electron chi connectivity index (χ1n) is 7.19. The zero-order chi connectivity index (χ0) is 14.8. The molecule has 3 aromatic rings. The maximum Gasteiger partial charge on any atom is 0.227 e. The van der Waals surface area contributed by atoms with Crippen molar-refractivity contribution in [3.05, 3.63) is 47.2 Å². The number of rotatable bonds is 5. The topological polar surface area (TPSA) is 55.9 Å². The second kappa shape index (κ2) is 5.69. The summed E-state index contributed by atoms with van der Waals surface area (Å²) in [7, 11) is 2.12. The van der Waals surface area contributed by atoms with Crippen molar-refractivity contribution < 1.29 is 4.52 Å². The van der Waals surface area contributed by atoms with Crippen LogP contribution in [0.15, 0.2) is 28.8 Å². The molecule has 0 fully saturated rings. The van der Waals surface area contributed by atoms with Gasteiger partial charge in [-0.3, -0.25) is 0 Å². The minimum Gasteiger partial charge on any atom is -0.346 e. The predicted octanol–water partition coefficient (Wildman–Crippen LogP) is 2.51. The molecular formula is C16H20N4O. The molecular weight excluding hydrogens is 264 g/mol. The SMILES string of the molecule is Cc1noc(CCNCc2c(C)c3ccccc3n2C)n1. The quantitative estimate of drug-likeness (QED) is 0.731. The monoisotopic (exact) mass is 284 g/mol. The number of fused-ring (bicyclic) bond motifs is 1. The van der Waals surface area contributed by atoms with Crippen molar-refractivity contribution >= 4 is 10.9 Å². The minimum absolute atomic E-state index is 0.689. The highest BCUT2D eigenvalue weighted by molar-refractivity contribution is 5.85. The van der Waals surface area contributed by atoms with Gasteiger partial charge in [-0.2, -0.15) is 4.98 Å². The van der Waals surface area contributed by atoms with Gasteiger partial charge in [0.15, 0.2) is 5.82 Å². The van der Waals surface area contributed by atoms with Gasteiger partial charge in [-0.1, -0.05) is 23.4 Å². The standard InChI is InChI=1S/C16H20N4O/c1-11-13-6-4-5-7-14(13)20(3)15(11)10-17-9-8-16-18-12(2)19-21-16/h4-7,17H,8-10H2,1-3H3. The van der Waals surface area contributed by atoms with Gasteiger partial charge in [-0.25, -0.2) is 0 Å². The molecule has 0 unspecified atom stereocenters. The van der Waals surface area contributed by atoms with Gasteiger partial charge in [0.05, 0.1) is 0 Å². The van der Waals surface area contributed by atoms with Gasteiger partial charge in [0.2, 0.25) is 5.89 Å². The Morgan fingerprint density at radius 3 is 2.76 bits per heavy atom. The number of nitrogens with one attached hydrogen (secondary N) is 1. The molecule has 3 rings (SSSR count). The molecule has 0 saturated carbocycles. The fraction of sp³-hybridized carbons (Fsp3) is 0.375. The highest BCUT2D eigenvalue weighted by Crippen LogP contribution is 2.24. The zero-order valence-corrected chi connectivity index (χ0v) is 12.7. The van der Waals surface area contributed by atoms with E-state index in [1.54, 1.807) is 0 Å². The molecule has 2 heterocycles.